The molecule has 1 unspecified atom stereocenters. The Morgan fingerprint density at radius 2 is 0.487 bits per heavy atom. The maximum Gasteiger partial charge on any atom is 0.306 e. The fourth-order valence-corrected chi connectivity index (χ4v) is 10.2. The van der Waals surface area contributed by atoms with E-state index in [1.165, 1.54) is 250 Å². The minimum atomic E-state index is -0.775. The first-order valence-electron chi connectivity index (χ1n) is 34.0. The molecule has 0 rings (SSSR count). The zero-order valence-corrected chi connectivity index (χ0v) is 51.3. The number of hydrogen-bond acceptors (Lipinski definition) is 6. The molecule has 0 aliphatic rings. The predicted octanol–water partition coefficient (Wildman–Crippen LogP) is 23.2. The number of rotatable bonds is 63. The van der Waals surface area contributed by atoms with Crippen LogP contribution in [0.1, 0.15) is 374 Å². The summed E-state index contributed by atoms with van der Waals surface area (Å²) in [5.74, 6) is -0.865. The van der Waals surface area contributed by atoms with Gasteiger partial charge in [0, 0.05) is 19.3 Å². The molecule has 0 spiro atoms. The summed E-state index contributed by atoms with van der Waals surface area (Å²) in [7, 11) is 0. The first-order valence-corrected chi connectivity index (χ1v) is 34.0. The van der Waals surface area contributed by atoms with Gasteiger partial charge in [-0.2, -0.15) is 0 Å². The number of ether oxygens (including phenoxy) is 3. The summed E-state index contributed by atoms with van der Waals surface area (Å²) < 4.78 is 16.9. The second kappa shape index (κ2) is 65.2. The highest BCUT2D eigenvalue weighted by atomic mass is 16.6. The Morgan fingerprint density at radius 1 is 0.263 bits per heavy atom. The minimum Gasteiger partial charge on any atom is -0.462 e. The van der Waals surface area contributed by atoms with Crippen molar-refractivity contribution < 1.29 is 28.6 Å². The van der Waals surface area contributed by atoms with Crippen molar-refractivity contribution in [1.82, 2.24) is 0 Å². The molecule has 0 radical (unpaired) electrons. The van der Waals surface area contributed by atoms with Gasteiger partial charge >= 0.3 is 17.9 Å². The van der Waals surface area contributed by atoms with Gasteiger partial charge in [-0.15, -0.1) is 0 Å². The molecule has 6 heteroatoms. The van der Waals surface area contributed by atoms with Gasteiger partial charge in [-0.25, -0.2) is 0 Å². The third kappa shape index (κ3) is 62.5. The fraction of sp³-hybridized carbons (Fsp3) is 0.871. The van der Waals surface area contributed by atoms with Gasteiger partial charge in [0.1, 0.15) is 13.2 Å². The molecule has 0 amide bonds. The third-order valence-corrected chi connectivity index (χ3v) is 15.4. The van der Waals surface area contributed by atoms with Crippen molar-refractivity contribution in [3.63, 3.8) is 0 Å². The summed E-state index contributed by atoms with van der Waals surface area (Å²) in [6.45, 7) is 6.63. The molecular formula is C70H130O6. The van der Waals surface area contributed by atoms with E-state index in [4.69, 9.17) is 14.2 Å². The normalized spacial score (nSPS) is 12.2. The van der Waals surface area contributed by atoms with E-state index in [9.17, 15) is 14.4 Å². The average molecular weight is 1070 g/mol. The molecule has 0 aliphatic heterocycles. The Morgan fingerprint density at radius 3 is 0.776 bits per heavy atom. The molecule has 0 bridgehead atoms. The number of carbonyl (C=O) groups excluding carboxylic acids is 3. The molecule has 0 aromatic rings. The van der Waals surface area contributed by atoms with Crippen LogP contribution in [0.2, 0.25) is 0 Å². The zero-order valence-electron chi connectivity index (χ0n) is 51.3. The summed E-state index contributed by atoms with van der Waals surface area (Å²) in [6, 6.07) is 0. The first kappa shape index (κ1) is 73.6. The Hall–Kier alpha value is -2.37. The van der Waals surface area contributed by atoms with Crippen LogP contribution in [0.4, 0.5) is 0 Å². The van der Waals surface area contributed by atoms with E-state index < -0.39 is 6.10 Å². The van der Waals surface area contributed by atoms with Crippen molar-refractivity contribution in [2.24, 2.45) is 0 Å². The summed E-state index contributed by atoms with van der Waals surface area (Å²) in [6.07, 6.45) is 80.5. The number of carbonyl (C=O) groups is 3. The number of hydrogen-bond donors (Lipinski definition) is 0. The van der Waals surface area contributed by atoms with Gasteiger partial charge in [0.2, 0.25) is 0 Å². The lowest BCUT2D eigenvalue weighted by molar-refractivity contribution is -0.167. The van der Waals surface area contributed by atoms with E-state index in [1.807, 2.05) is 0 Å². The van der Waals surface area contributed by atoms with Crippen LogP contribution in [-0.2, 0) is 28.6 Å². The van der Waals surface area contributed by atoms with Crippen molar-refractivity contribution in [3.8, 4) is 0 Å². The quantitative estimate of drug-likeness (QED) is 0.0261. The lowest BCUT2D eigenvalue weighted by atomic mass is 10.0. The first-order chi connectivity index (χ1) is 37.5. The van der Waals surface area contributed by atoms with Crippen molar-refractivity contribution in [2.45, 2.75) is 380 Å². The van der Waals surface area contributed by atoms with Gasteiger partial charge in [0.25, 0.3) is 0 Å². The van der Waals surface area contributed by atoms with Gasteiger partial charge < -0.3 is 14.2 Å². The van der Waals surface area contributed by atoms with Gasteiger partial charge in [0.15, 0.2) is 6.10 Å². The molecule has 0 N–H and O–H groups in total. The molecule has 6 nitrogen and oxygen atoms in total. The molecule has 0 aliphatic carbocycles. The average Bonchev–Trinajstić information content (AvgIpc) is 3.42. The minimum absolute atomic E-state index is 0.0728. The molecule has 0 aromatic carbocycles. The topological polar surface area (TPSA) is 78.9 Å². The smallest absolute Gasteiger partial charge is 0.306 e. The Kier molecular flexibility index (Phi) is 63.1. The third-order valence-electron chi connectivity index (χ3n) is 15.4. The molecule has 0 fully saturated rings. The van der Waals surface area contributed by atoms with Crippen LogP contribution in [0.5, 0.6) is 0 Å². The largest absolute Gasteiger partial charge is 0.462 e. The summed E-state index contributed by atoms with van der Waals surface area (Å²) >= 11 is 0. The van der Waals surface area contributed by atoms with E-state index in [1.54, 1.807) is 0 Å². The Labute approximate surface area is 474 Å². The summed E-state index contributed by atoms with van der Waals surface area (Å²) in [5, 5.41) is 0. The molecule has 0 saturated carbocycles. The number of unbranched alkanes of at least 4 members (excludes halogenated alkanes) is 46. The van der Waals surface area contributed by atoms with Gasteiger partial charge in [-0.05, 0) is 70.6 Å². The Balaban J connectivity index is 4.03. The van der Waals surface area contributed by atoms with Crippen LogP contribution in [0.15, 0.2) is 36.5 Å². The van der Waals surface area contributed by atoms with Crippen LogP contribution < -0.4 is 0 Å². The second-order valence-electron chi connectivity index (χ2n) is 23.1. The standard InChI is InChI=1S/C70H130O6/c1-4-7-10-13-16-19-22-24-26-27-28-29-30-31-32-33-34-35-36-37-38-39-40-41-42-43-44-46-48-51-54-57-60-63-69(72)75-66-67(65-74-68(71)62-59-56-53-50-47-21-18-15-12-9-6-3)76-70(73)64-61-58-55-52-49-45-25-23-20-17-14-11-8-5-2/h14,17,23,25,27-28,67H,4-13,15-16,18-22,24,26,29-66H2,1-3H3/b17-14-,25-23-,28-27-. The number of allylic oxidation sites excluding steroid dienone is 6. The Bertz CT molecular complexity index is 1270. The lowest BCUT2D eigenvalue weighted by Gasteiger charge is -2.18. The highest BCUT2D eigenvalue weighted by Gasteiger charge is 2.19. The monoisotopic (exact) mass is 1070 g/mol. The maximum absolute atomic E-state index is 12.9. The fourth-order valence-electron chi connectivity index (χ4n) is 10.2. The zero-order chi connectivity index (χ0) is 55.0. The lowest BCUT2D eigenvalue weighted by Crippen LogP contribution is -2.30. The molecule has 446 valence electrons. The molecule has 1 atom stereocenters. The SMILES string of the molecule is CCCC/C=C\C/C=C\CCCCCCCC(=O)OC(COC(=O)CCCCCCCCCCCCC)COC(=O)CCCCCCCCCCCCCCCCCCCCCCC/C=C\CCCCCCCCCC. The molecule has 0 saturated heterocycles. The van der Waals surface area contributed by atoms with E-state index in [0.29, 0.717) is 19.3 Å². The second-order valence-corrected chi connectivity index (χ2v) is 23.1. The van der Waals surface area contributed by atoms with Gasteiger partial charge in [-0.3, -0.25) is 14.4 Å². The van der Waals surface area contributed by atoms with Gasteiger partial charge in [0.05, 0.1) is 0 Å². The number of esters is 3. The van der Waals surface area contributed by atoms with Crippen molar-refractivity contribution >= 4 is 17.9 Å². The van der Waals surface area contributed by atoms with Crippen LogP contribution in [0, 0.1) is 0 Å². The molecule has 0 aromatic heterocycles. The van der Waals surface area contributed by atoms with Crippen LogP contribution >= 0.6 is 0 Å². The van der Waals surface area contributed by atoms with Crippen molar-refractivity contribution in [1.29, 1.82) is 0 Å². The van der Waals surface area contributed by atoms with Crippen LogP contribution in [0.25, 0.3) is 0 Å². The van der Waals surface area contributed by atoms with E-state index >= 15 is 0 Å². The highest BCUT2D eigenvalue weighted by Crippen LogP contribution is 2.18. The predicted molar refractivity (Wildman–Crippen MR) is 330 cm³/mol. The van der Waals surface area contributed by atoms with Crippen LogP contribution in [-0.4, -0.2) is 37.2 Å². The summed E-state index contributed by atoms with van der Waals surface area (Å²) in [5.41, 5.74) is 0. The van der Waals surface area contributed by atoms with E-state index in [2.05, 4.69) is 57.2 Å². The van der Waals surface area contributed by atoms with Crippen molar-refractivity contribution in [2.75, 3.05) is 13.2 Å². The van der Waals surface area contributed by atoms with Gasteiger partial charge in [-0.1, -0.05) is 320 Å². The molecule has 76 heavy (non-hydrogen) atoms. The van der Waals surface area contributed by atoms with E-state index in [-0.39, 0.29) is 31.1 Å². The van der Waals surface area contributed by atoms with Crippen LogP contribution in [0.3, 0.4) is 0 Å². The van der Waals surface area contributed by atoms with Crippen molar-refractivity contribution in [3.05, 3.63) is 36.5 Å². The molecule has 0 heterocycles. The van der Waals surface area contributed by atoms with E-state index in [0.717, 1.165) is 83.5 Å². The maximum atomic E-state index is 12.9. The highest BCUT2D eigenvalue weighted by molar-refractivity contribution is 5.71. The molecular weight excluding hydrogens is 937 g/mol. The summed E-state index contributed by atoms with van der Waals surface area (Å²) in [4.78, 5) is 38.2.